The normalized spacial score (nSPS) is 19.9. The van der Waals surface area contributed by atoms with Gasteiger partial charge >= 0.3 is 0 Å². The number of nitrogens with one attached hydrogen (secondary N) is 2. The van der Waals surface area contributed by atoms with Crippen LogP contribution in [0.3, 0.4) is 0 Å². The Morgan fingerprint density at radius 2 is 2.22 bits per heavy atom. The predicted octanol–water partition coefficient (Wildman–Crippen LogP) is 1.09. The second kappa shape index (κ2) is 5.38. The van der Waals surface area contributed by atoms with Crippen LogP contribution in [0, 0.1) is 0 Å². The second-order valence-corrected chi connectivity index (χ2v) is 7.20. The summed E-state index contributed by atoms with van der Waals surface area (Å²) >= 11 is 1.91. The lowest BCUT2D eigenvalue weighted by Gasteiger charge is -2.15. The molecule has 1 saturated heterocycles. The van der Waals surface area contributed by atoms with Gasteiger partial charge in [0.15, 0.2) is 0 Å². The lowest BCUT2D eigenvalue weighted by atomic mass is 10.2. The van der Waals surface area contributed by atoms with E-state index in [2.05, 4.69) is 10.0 Å². The van der Waals surface area contributed by atoms with Crippen molar-refractivity contribution in [1.82, 2.24) is 4.72 Å². The van der Waals surface area contributed by atoms with E-state index < -0.39 is 10.0 Å². The molecule has 0 aliphatic carbocycles. The largest absolute Gasteiger partial charge is 0.397 e. The van der Waals surface area contributed by atoms with Crippen molar-refractivity contribution in [2.75, 3.05) is 29.6 Å². The molecule has 0 bridgehead atoms. The van der Waals surface area contributed by atoms with Crippen LogP contribution in [0.1, 0.15) is 6.42 Å². The van der Waals surface area contributed by atoms with Gasteiger partial charge in [-0.2, -0.15) is 11.8 Å². The average molecular weight is 287 g/mol. The van der Waals surface area contributed by atoms with Gasteiger partial charge in [0, 0.05) is 11.8 Å². The number of nitrogens with two attached hydrogens (primary N) is 1. The van der Waals surface area contributed by atoms with Crippen LogP contribution >= 0.6 is 11.8 Å². The van der Waals surface area contributed by atoms with Crippen molar-refractivity contribution in [1.29, 1.82) is 0 Å². The van der Waals surface area contributed by atoms with Gasteiger partial charge in [-0.3, -0.25) is 0 Å². The molecule has 100 valence electrons. The smallest absolute Gasteiger partial charge is 0.240 e. The van der Waals surface area contributed by atoms with Gasteiger partial charge in [-0.15, -0.1) is 0 Å². The molecule has 1 aromatic carbocycles. The lowest BCUT2D eigenvalue weighted by Crippen LogP contribution is -2.20. The molecule has 0 aromatic heterocycles. The Balaban J connectivity index is 2.19. The Morgan fingerprint density at radius 3 is 2.78 bits per heavy atom. The molecule has 0 amide bonds. The number of thioether (sulfide) groups is 1. The molecular formula is C11H17N3O2S2. The molecule has 0 saturated carbocycles. The molecule has 1 aliphatic heterocycles. The van der Waals surface area contributed by atoms with Crippen molar-refractivity contribution in [3.63, 3.8) is 0 Å². The van der Waals surface area contributed by atoms with Crippen molar-refractivity contribution in [2.24, 2.45) is 0 Å². The first kappa shape index (κ1) is 13.5. The van der Waals surface area contributed by atoms with Gasteiger partial charge in [-0.25, -0.2) is 13.1 Å². The molecular weight excluding hydrogens is 270 g/mol. The SMILES string of the molecule is CNS(=O)(=O)c1ccc(NC2CCSC2)c(N)c1. The summed E-state index contributed by atoms with van der Waals surface area (Å²) in [6, 6.07) is 5.19. The van der Waals surface area contributed by atoms with E-state index in [1.165, 1.54) is 13.1 Å². The molecule has 1 atom stereocenters. The minimum absolute atomic E-state index is 0.189. The summed E-state index contributed by atoms with van der Waals surface area (Å²) < 4.78 is 25.5. The van der Waals surface area contributed by atoms with E-state index in [4.69, 9.17) is 5.73 Å². The first-order valence-electron chi connectivity index (χ1n) is 5.70. The molecule has 1 aromatic rings. The van der Waals surface area contributed by atoms with Gasteiger partial charge in [0.2, 0.25) is 10.0 Å². The summed E-state index contributed by atoms with van der Waals surface area (Å²) in [5.41, 5.74) is 7.15. The fraction of sp³-hybridized carbons (Fsp3) is 0.455. The molecule has 0 radical (unpaired) electrons. The van der Waals surface area contributed by atoms with E-state index in [1.54, 1.807) is 12.1 Å². The van der Waals surface area contributed by atoms with Crippen LogP contribution in [-0.2, 0) is 10.0 Å². The van der Waals surface area contributed by atoms with Gasteiger partial charge in [-0.1, -0.05) is 0 Å². The van der Waals surface area contributed by atoms with Crippen LogP contribution in [0.2, 0.25) is 0 Å². The number of hydrogen-bond donors (Lipinski definition) is 3. The van der Waals surface area contributed by atoms with Gasteiger partial charge in [0.05, 0.1) is 16.3 Å². The molecule has 1 fully saturated rings. The fourth-order valence-electron chi connectivity index (χ4n) is 1.83. The van der Waals surface area contributed by atoms with E-state index in [0.29, 0.717) is 11.7 Å². The summed E-state index contributed by atoms with van der Waals surface area (Å²) in [5, 5.41) is 3.34. The van der Waals surface area contributed by atoms with Crippen LogP contribution in [0.5, 0.6) is 0 Å². The van der Waals surface area contributed by atoms with Crippen molar-refractivity contribution in [2.45, 2.75) is 17.4 Å². The minimum Gasteiger partial charge on any atom is -0.397 e. The number of rotatable bonds is 4. The van der Waals surface area contributed by atoms with Crippen LogP contribution < -0.4 is 15.8 Å². The minimum atomic E-state index is -3.43. The number of nitrogen functional groups attached to an aromatic ring is 1. The first-order valence-corrected chi connectivity index (χ1v) is 8.34. The average Bonchev–Trinajstić information content (AvgIpc) is 2.84. The van der Waals surface area contributed by atoms with Crippen LogP contribution in [0.4, 0.5) is 11.4 Å². The highest BCUT2D eigenvalue weighted by Crippen LogP contribution is 2.26. The van der Waals surface area contributed by atoms with Crippen molar-refractivity contribution >= 4 is 33.2 Å². The maximum Gasteiger partial charge on any atom is 0.240 e. The van der Waals surface area contributed by atoms with E-state index in [0.717, 1.165) is 23.6 Å². The van der Waals surface area contributed by atoms with E-state index in [9.17, 15) is 8.42 Å². The maximum absolute atomic E-state index is 11.6. The Bertz CT molecular complexity index is 525. The Kier molecular flexibility index (Phi) is 4.04. The Labute approximate surface area is 112 Å². The first-order chi connectivity index (χ1) is 8.53. The topological polar surface area (TPSA) is 84.2 Å². The molecule has 5 nitrogen and oxygen atoms in total. The third kappa shape index (κ3) is 2.90. The zero-order valence-electron chi connectivity index (χ0n) is 10.1. The fourth-order valence-corrected chi connectivity index (χ4v) is 3.74. The molecule has 0 spiro atoms. The third-order valence-corrected chi connectivity index (χ3v) is 5.47. The van der Waals surface area contributed by atoms with Crippen molar-refractivity contribution < 1.29 is 8.42 Å². The lowest BCUT2D eigenvalue weighted by molar-refractivity contribution is 0.588. The van der Waals surface area contributed by atoms with E-state index in [-0.39, 0.29) is 4.90 Å². The highest BCUT2D eigenvalue weighted by Gasteiger charge is 2.17. The zero-order valence-corrected chi connectivity index (χ0v) is 11.8. The molecule has 2 rings (SSSR count). The number of anilines is 2. The van der Waals surface area contributed by atoms with Gasteiger partial charge in [0.1, 0.15) is 0 Å². The molecule has 18 heavy (non-hydrogen) atoms. The van der Waals surface area contributed by atoms with Crippen molar-refractivity contribution in [3.8, 4) is 0 Å². The van der Waals surface area contributed by atoms with Crippen molar-refractivity contribution in [3.05, 3.63) is 18.2 Å². The zero-order chi connectivity index (χ0) is 13.2. The quantitative estimate of drug-likeness (QED) is 0.722. The summed E-state index contributed by atoms with van der Waals surface area (Å²) in [6.45, 7) is 0. The van der Waals surface area contributed by atoms with Crippen LogP contribution in [0.25, 0.3) is 0 Å². The number of hydrogen-bond acceptors (Lipinski definition) is 5. The number of sulfonamides is 1. The summed E-state index contributed by atoms with van der Waals surface area (Å²) in [4.78, 5) is 0.189. The van der Waals surface area contributed by atoms with Gasteiger partial charge < -0.3 is 11.1 Å². The highest BCUT2D eigenvalue weighted by molar-refractivity contribution is 7.99. The standard InChI is InChI=1S/C11H17N3O2S2/c1-13-18(15,16)9-2-3-11(10(12)6-9)14-8-4-5-17-7-8/h2-3,6,8,13-14H,4-5,7,12H2,1H3. The molecule has 1 heterocycles. The molecule has 1 aliphatic rings. The van der Waals surface area contributed by atoms with Gasteiger partial charge in [-0.05, 0) is 37.4 Å². The molecule has 4 N–H and O–H groups in total. The highest BCUT2D eigenvalue weighted by atomic mass is 32.2. The Morgan fingerprint density at radius 1 is 1.44 bits per heavy atom. The molecule has 7 heteroatoms. The summed E-state index contributed by atoms with van der Waals surface area (Å²) in [6.07, 6.45) is 1.11. The number of benzene rings is 1. The summed E-state index contributed by atoms with van der Waals surface area (Å²) in [7, 11) is -2.04. The van der Waals surface area contributed by atoms with E-state index in [1.807, 2.05) is 11.8 Å². The monoisotopic (exact) mass is 287 g/mol. The van der Waals surface area contributed by atoms with Crippen LogP contribution in [0.15, 0.2) is 23.1 Å². The predicted molar refractivity (Wildman–Crippen MR) is 76.5 cm³/mol. The second-order valence-electron chi connectivity index (χ2n) is 4.16. The van der Waals surface area contributed by atoms with Crippen LogP contribution in [-0.4, -0.2) is 33.0 Å². The summed E-state index contributed by atoms with van der Waals surface area (Å²) in [5.74, 6) is 2.22. The van der Waals surface area contributed by atoms with E-state index >= 15 is 0 Å². The third-order valence-electron chi connectivity index (χ3n) is 2.89. The molecule has 1 unspecified atom stereocenters. The Hall–Kier alpha value is -0.920. The van der Waals surface area contributed by atoms with Gasteiger partial charge in [0.25, 0.3) is 0 Å². The maximum atomic E-state index is 11.6.